The molecule has 0 aromatic carbocycles. The van der Waals surface area contributed by atoms with Crippen LogP contribution in [0.1, 0.15) is 20.8 Å². The minimum Gasteiger partial charge on any atom is -0.444 e. The zero-order valence-electron chi connectivity index (χ0n) is 10.0. The Balaban J connectivity index is 2.41. The molecule has 10 heteroatoms. The van der Waals surface area contributed by atoms with Gasteiger partial charge in [-0.05, 0) is 20.8 Å². The molecular formula is C8H14N2O7S. The normalized spacial score (nSPS) is 20.3. The molecule has 0 bridgehead atoms. The summed E-state index contributed by atoms with van der Waals surface area (Å²) < 4.78 is 37.8. The Morgan fingerprint density at radius 1 is 1.50 bits per heavy atom. The van der Waals surface area contributed by atoms with Crippen LogP contribution in [0, 0.1) is 0 Å². The van der Waals surface area contributed by atoms with Crippen molar-refractivity contribution in [1.29, 1.82) is 0 Å². The maximum Gasteiger partial charge on any atom is 0.418 e. The average Bonchev–Trinajstić information content (AvgIpc) is 2.10. The number of rotatable bonds is 3. The number of β-lactam (4-membered cyclic amide) rings is 1. The first-order valence-electron chi connectivity index (χ1n) is 4.96. The summed E-state index contributed by atoms with van der Waals surface area (Å²) in [6.45, 7) is 4.77. The van der Waals surface area contributed by atoms with E-state index < -0.39 is 34.0 Å². The molecule has 104 valence electrons. The maximum absolute atomic E-state index is 11.3. The van der Waals surface area contributed by atoms with E-state index in [-0.39, 0.29) is 6.54 Å². The van der Waals surface area contributed by atoms with E-state index in [9.17, 15) is 18.0 Å². The van der Waals surface area contributed by atoms with Gasteiger partial charge in [0, 0.05) is 0 Å². The largest absolute Gasteiger partial charge is 0.444 e. The molecule has 2 amide bonds. The molecule has 1 unspecified atom stereocenters. The minimum absolute atomic E-state index is 0.197. The first-order valence-corrected chi connectivity index (χ1v) is 6.32. The monoisotopic (exact) mass is 282 g/mol. The number of alkyl carbamates (subject to hydrolysis) is 1. The number of hydroxylamine groups is 2. The van der Waals surface area contributed by atoms with Crippen molar-refractivity contribution in [2.45, 2.75) is 32.4 Å². The van der Waals surface area contributed by atoms with Crippen LogP contribution in [0.2, 0.25) is 0 Å². The van der Waals surface area contributed by atoms with E-state index in [0.717, 1.165) is 0 Å². The summed E-state index contributed by atoms with van der Waals surface area (Å²) >= 11 is 0. The molecular weight excluding hydrogens is 268 g/mol. The third-order valence-electron chi connectivity index (χ3n) is 1.77. The van der Waals surface area contributed by atoms with E-state index in [1.54, 1.807) is 20.8 Å². The lowest BCUT2D eigenvalue weighted by molar-refractivity contribution is -0.180. The number of hydrogen-bond acceptors (Lipinski definition) is 6. The van der Waals surface area contributed by atoms with Gasteiger partial charge in [-0.1, -0.05) is 0 Å². The topological polar surface area (TPSA) is 122 Å². The summed E-state index contributed by atoms with van der Waals surface area (Å²) in [6, 6.07) is -0.929. The predicted octanol–water partition coefficient (Wildman–Crippen LogP) is -0.544. The highest BCUT2D eigenvalue weighted by molar-refractivity contribution is 7.80. The molecule has 0 spiro atoms. The van der Waals surface area contributed by atoms with Crippen molar-refractivity contribution in [2.24, 2.45) is 0 Å². The third-order valence-corrected chi connectivity index (χ3v) is 2.14. The molecule has 1 atom stereocenters. The standard InChI is InChI=1S/C8H14N2O7S/c1-8(2,3)16-7(12)9-5-4-10(6(5)11)17-18(13,14)15/h5H,4H2,1-3H3,(H,9,12)(H,13,14,15). The maximum atomic E-state index is 11.3. The Hall–Kier alpha value is -1.39. The molecule has 9 nitrogen and oxygen atoms in total. The van der Waals surface area contributed by atoms with Gasteiger partial charge in [0.2, 0.25) is 0 Å². The number of nitrogens with one attached hydrogen (secondary N) is 1. The Morgan fingerprint density at radius 3 is 2.44 bits per heavy atom. The van der Waals surface area contributed by atoms with Gasteiger partial charge in [-0.3, -0.25) is 9.35 Å². The zero-order chi connectivity index (χ0) is 14.1. The number of nitrogens with zero attached hydrogens (tertiary/aromatic N) is 1. The van der Waals surface area contributed by atoms with Gasteiger partial charge in [-0.15, -0.1) is 4.28 Å². The Kier molecular flexibility index (Phi) is 3.84. The number of carbonyl (C=O) groups is 2. The van der Waals surface area contributed by atoms with Gasteiger partial charge in [0.25, 0.3) is 5.91 Å². The van der Waals surface area contributed by atoms with Crippen LogP contribution in [0.25, 0.3) is 0 Å². The van der Waals surface area contributed by atoms with Crippen molar-refractivity contribution in [3.8, 4) is 0 Å². The van der Waals surface area contributed by atoms with Crippen molar-refractivity contribution in [2.75, 3.05) is 6.54 Å². The van der Waals surface area contributed by atoms with Gasteiger partial charge in [0.05, 0.1) is 6.54 Å². The fraction of sp³-hybridized carbons (Fsp3) is 0.750. The number of ether oxygens (including phenoxy) is 1. The molecule has 0 aliphatic carbocycles. The van der Waals surface area contributed by atoms with Crippen LogP contribution in [0.3, 0.4) is 0 Å². The van der Waals surface area contributed by atoms with Crippen LogP contribution in [0.4, 0.5) is 4.79 Å². The van der Waals surface area contributed by atoms with E-state index in [0.29, 0.717) is 5.06 Å². The van der Waals surface area contributed by atoms with Gasteiger partial charge in [0.15, 0.2) is 0 Å². The van der Waals surface area contributed by atoms with Crippen molar-refractivity contribution in [1.82, 2.24) is 10.4 Å². The van der Waals surface area contributed by atoms with Crippen molar-refractivity contribution in [3.63, 3.8) is 0 Å². The Bertz CT molecular complexity index is 453. The second-order valence-corrected chi connectivity index (χ2v) is 5.60. The van der Waals surface area contributed by atoms with Gasteiger partial charge in [0.1, 0.15) is 11.6 Å². The average molecular weight is 282 g/mol. The number of carbonyl (C=O) groups excluding carboxylic acids is 2. The summed E-state index contributed by atoms with van der Waals surface area (Å²) in [5, 5.41) is 2.64. The SMILES string of the molecule is CC(C)(C)OC(=O)NC1CN(OS(=O)(=O)O)C1=O. The molecule has 2 N–H and O–H groups in total. The number of amides is 2. The van der Waals surface area contributed by atoms with Crippen LogP contribution in [0.5, 0.6) is 0 Å². The summed E-state index contributed by atoms with van der Waals surface area (Å²) in [5.41, 5.74) is -0.707. The van der Waals surface area contributed by atoms with Gasteiger partial charge in [-0.2, -0.15) is 13.5 Å². The fourth-order valence-electron chi connectivity index (χ4n) is 1.13. The van der Waals surface area contributed by atoms with Crippen LogP contribution in [-0.4, -0.2) is 48.2 Å². The second kappa shape index (κ2) is 4.71. The predicted molar refractivity (Wildman–Crippen MR) is 57.5 cm³/mol. The van der Waals surface area contributed by atoms with Crippen LogP contribution in [0.15, 0.2) is 0 Å². The highest BCUT2D eigenvalue weighted by atomic mass is 32.3. The molecule has 0 saturated carbocycles. The molecule has 1 heterocycles. The molecule has 1 saturated heterocycles. The molecule has 0 radical (unpaired) electrons. The van der Waals surface area contributed by atoms with Crippen molar-refractivity contribution in [3.05, 3.63) is 0 Å². The van der Waals surface area contributed by atoms with E-state index >= 15 is 0 Å². The molecule has 1 rings (SSSR count). The first-order chi connectivity index (χ1) is 7.98. The smallest absolute Gasteiger partial charge is 0.418 e. The molecule has 1 aliphatic rings. The third kappa shape index (κ3) is 4.47. The molecule has 0 aromatic rings. The molecule has 0 aromatic heterocycles. The second-order valence-electron chi connectivity index (χ2n) is 4.60. The van der Waals surface area contributed by atoms with Crippen LogP contribution in [-0.2, 0) is 24.2 Å². The highest BCUT2D eigenvalue weighted by Gasteiger charge is 2.42. The van der Waals surface area contributed by atoms with Crippen molar-refractivity contribution >= 4 is 22.4 Å². The summed E-state index contributed by atoms with van der Waals surface area (Å²) in [5.74, 6) is -0.793. The molecule has 1 fully saturated rings. The van der Waals surface area contributed by atoms with Crippen LogP contribution < -0.4 is 5.32 Å². The van der Waals surface area contributed by atoms with Gasteiger partial charge < -0.3 is 10.1 Å². The highest BCUT2D eigenvalue weighted by Crippen LogP contribution is 2.14. The summed E-state index contributed by atoms with van der Waals surface area (Å²) in [4.78, 5) is 22.6. The summed E-state index contributed by atoms with van der Waals surface area (Å²) in [6.07, 6.45) is -0.799. The first kappa shape index (κ1) is 14.7. The minimum atomic E-state index is -4.74. The molecule has 18 heavy (non-hydrogen) atoms. The fourth-order valence-corrected chi connectivity index (χ4v) is 1.50. The van der Waals surface area contributed by atoms with E-state index in [1.807, 2.05) is 0 Å². The van der Waals surface area contributed by atoms with Crippen LogP contribution >= 0.6 is 0 Å². The lowest BCUT2D eigenvalue weighted by Gasteiger charge is -2.35. The zero-order valence-corrected chi connectivity index (χ0v) is 10.9. The van der Waals surface area contributed by atoms with E-state index in [1.165, 1.54) is 0 Å². The lowest BCUT2D eigenvalue weighted by atomic mass is 10.1. The van der Waals surface area contributed by atoms with E-state index in [4.69, 9.17) is 9.29 Å². The Morgan fingerprint density at radius 2 is 2.06 bits per heavy atom. The summed E-state index contributed by atoms with van der Waals surface area (Å²) in [7, 11) is -4.74. The quantitative estimate of drug-likeness (QED) is 0.526. The van der Waals surface area contributed by atoms with E-state index in [2.05, 4.69) is 9.60 Å². The Labute approximate surface area is 104 Å². The number of hydrogen-bond donors (Lipinski definition) is 2. The molecule has 1 aliphatic heterocycles. The van der Waals surface area contributed by atoms with Gasteiger partial charge >= 0.3 is 16.5 Å². The van der Waals surface area contributed by atoms with Crippen molar-refractivity contribution < 1.29 is 31.6 Å². The van der Waals surface area contributed by atoms with Gasteiger partial charge in [-0.25, -0.2) is 4.79 Å². The lowest BCUT2D eigenvalue weighted by Crippen LogP contribution is -2.64.